The average Bonchev–Trinajstić information content (AvgIpc) is 2.88. The first-order chi connectivity index (χ1) is 11.2. The topological polar surface area (TPSA) is 50.7 Å². The van der Waals surface area contributed by atoms with Gasteiger partial charge in [-0.25, -0.2) is 4.99 Å². The maximum Gasteiger partial charge on any atom is 0.275 e. The minimum Gasteiger partial charge on any atom is -0.494 e. The molecule has 0 radical (unpaired) electrons. The minimum absolute atomic E-state index is 0.169. The van der Waals surface area contributed by atoms with Gasteiger partial charge in [-0.3, -0.25) is 4.79 Å². The van der Waals surface area contributed by atoms with Gasteiger partial charge in [0.05, 0.1) is 6.61 Å². The Morgan fingerprint density at radius 3 is 2.74 bits per heavy atom. The summed E-state index contributed by atoms with van der Waals surface area (Å²) in [4.78, 5) is 16.5. The van der Waals surface area contributed by atoms with Crippen LogP contribution in [0.2, 0.25) is 0 Å². The van der Waals surface area contributed by atoms with Crippen molar-refractivity contribution in [1.29, 1.82) is 0 Å². The highest BCUT2D eigenvalue weighted by atomic mass is 16.5. The summed E-state index contributed by atoms with van der Waals surface area (Å²) in [6.45, 7) is 2.55. The van der Waals surface area contributed by atoms with E-state index in [0.717, 1.165) is 16.9 Å². The van der Waals surface area contributed by atoms with Gasteiger partial charge in [0, 0.05) is 6.42 Å². The van der Waals surface area contributed by atoms with Gasteiger partial charge < -0.3 is 10.1 Å². The quantitative estimate of drug-likeness (QED) is 0.862. The van der Waals surface area contributed by atoms with Crippen molar-refractivity contribution in [3.8, 4) is 5.75 Å². The predicted molar refractivity (Wildman–Crippen MR) is 91.3 cm³/mol. The van der Waals surface area contributed by atoms with Gasteiger partial charge in [0.2, 0.25) is 0 Å². The Kier molecular flexibility index (Phi) is 4.52. The molecule has 1 heterocycles. The van der Waals surface area contributed by atoms with Crippen LogP contribution in [0.25, 0.3) is 6.08 Å². The van der Waals surface area contributed by atoms with Gasteiger partial charge in [0.25, 0.3) is 5.91 Å². The molecule has 0 saturated heterocycles. The van der Waals surface area contributed by atoms with Gasteiger partial charge >= 0.3 is 0 Å². The van der Waals surface area contributed by atoms with E-state index in [1.807, 2.05) is 61.5 Å². The number of nitrogens with one attached hydrogen (secondary N) is 1. The minimum atomic E-state index is -0.169. The summed E-state index contributed by atoms with van der Waals surface area (Å²) in [6, 6.07) is 17.6. The van der Waals surface area contributed by atoms with E-state index in [4.69, 9.17) is 4.74 Å². The number of carbonyl (C=O) groups excluding carboxylic acids is 1. The molecule has 4 heteroatoms. The number of hydrogen-bond acceptors (Lipinski definition) is 3. The summed E-state index contributed by atoms with van der Waals surface area (Å²) in [5, 5.41) is 2.82. The Hall–Kier alpha value is -2.88. The summed E-state index contributed by atoms with van der Waals surface area (Å²) >= 11 is 0. The Bertz CT molecular complexity index is 764. The average molecular weight is 306 g/mol. The van der Waals surface area contributed by atoms with Crippen LogP contribution < -0.4 is 10.1 Å². The third kappa shape index (κ3) is 3.86. The van der Waals surface area contributed by atoms with Gasteiger partial charge in [-0.15, -0.1) is 0 Å². The summed E-state index contributed by atoms with van der Waals surface area (Å²) < 4.78 is 5.47. The van der Waals surface area contributed by atoms with Crippen molar-refractivity contribution in [3.63, 3.8) is 0 Å². The molecule has 116 valence electrons. The van der Waals surface area contributed by atoms with Gasteiger partial charge in [-0.2, -0.15) is 0 Å². The van der Waals surface area contributed by atoms with Crippen molar-refractivity contribution in [1.82, 2.24) is 5.32 Å². The molecule has 1 aliphatic heterocycles. The van der Waals surface area contributed by atoms with E-state index in [-0.39, 0.29) is 5.91 Å². The molecule has 4 nitrogen and oxygen atoms in total. The fourth-order valence-electron chi connectivity index (χ4n) is 2.41. The highest BCUT2D eigenvalue weighted by Crippen LogP contribution is 2.18. The van der Waals surface area contributed by atoms with E-state index < -0.39 is 0 Å². The van der Waals surface area contributed by atoms with Crippen molar-refractivity contribution in [2.75, 3.05) is 6.61 Å². The lowest BCUT2D eigenvalue weighted by atomic mass is 10.1. The Morgan fingerprint density at radius 2 is 1.96 bits per heavy atom. The number of benzene rings is 2. The number of hydrogen-bond donors (Lipinski definition) is 1. The third-order valence-electron chi connectivity index (χ3n) is 3.43. The molecule has 2 aromatic carbocycles. The standard InChI is InChI=1S/C19H18N2O2/c1-2-23-16-10-6-9-15(11-16)12-17-19(22)21-18(20-17)13-14-7-4-3-5-8-14/h3-12H,2,13H2,1H3,(H,20,21,22)/b17-12+. The van der Waals surface area contributed by atoms with Gasteiger partial charge in [0.15, 0.2) is 0 Å². The molecule has 1 aliphatic rings. The van der Waals surface area contributed by atoms with Crippen LogP contribution in [0.15, 0.2) is 65.3 Å². The smallest absolute Gasteiger partial charge is 0.275 e. The molecule has 2 aromatic rings. The summed E-state index contributed by atoms with van der Waals surface area (Å²) in [6.07, 6.45) is 2.39. The molecular formula is C19H18N2O2. The number of rotatable bonds is 5. The van der Waals surface area contributed by atoms with E-state index in [0.29, 0.717) is 24.6 Å². The van der Waals surface area contributed by atoms with Crippen LogP contribution in [-0.2, 0) is 11.2 Å². The number of ether oxygens (including phenoxy) is 1. The van der Waals surface area contributed by atoms with Crippen molar-refractivity contribution < 1.29 is 9.53 Å². The van der Waals surface area contributed by atoms with Crippen LogP contribution >= 0.6 is 0 Å². The lowest BCUT2D eigenvalue weighted by Crippen LogP contribution is -2.25. The van der Waals surface area contributed by atoms with Crippen LogP contribution in [0.1, 0.15) is 18.1 Å². The summed E-state index contributed by atoms with van der Waals surface area (Å²) in [5.74, 6) is 1.29. The largest absolute Gasteiger partial charge is 0.494 e. The fourth-order valence-corrected chi connectivity index (χ4v) is 2.41. The van der Waals surface area contributed by atoms with Crippen LogP contribution in [0.4, 0.5) is 0 Å². The molecule has 0 bridgehead atoms. The lowest BCUT2D eigenvalue weighted by Gasteiger charge is -2.03. The van der Waals surface area contributed by atoms with Crippen LogP contribution in [0.3, 0.4) is 0 Å². The maximum atomic E-state index is 12.1. The molecule has 0 spiro atoms. The SMILES string of the molecule is CCOc1cccc(/C=C2/N=C(Cc3ccccc3)NC2=O)c1. The summed E-state index contributed by atoms with van der Waals surface area (Å²) in [5.41, 5.74) is 2.43. The zero-order chi connectivity index (χ0) is 16.1. The summed E-state index contributed by atoms with van der Waals surface area (Å²) in [7, 11) is 0. The number of aliphatic imine (C=N–C) groups is 1. The van der Waals surface area contributed by atoms with Crippen LogP contribution in [0.5, 0.6) is 5.75 Å². The van der Waals surface area contributed by atoms with Crippen molar-refractivity contribution in [2.24, 2.45) is 4.99 Å². The molecule has 0 fully saturated rings. The maximum absolute atomic E-state index is 12.1. The van der Waals surface area contributed by atoms with Crippen LogP contribution in [0, 0.1) is 0 Å². The molecule has 1 amide bonds. The first-order valence-corrected chi connectivity index (χ1v) is 7.62. The number of amides is 1. The fraction of sp³-hybridized carbons (Fsp3) is 0.158. The van der Waals surface area contributed by atoms with Crippen molar-refractivity contribution in [2.45, 2.75) is 13.3 Å². The molecule has 1 N–H and O–H groups in total. The van der Waals surface area contributed by atoms with E-state index in [1.165, 1.54) is 0 Å². The first kappa shape index (κ1) is 15.0. The second kappa shape index (κ2) is 6.92. The molecule has 0 aliphatic carbocycles. The zero-order valence-electron chi connectivity index (χ0n) is 13.0. The van der Waals surface area contributed by atoms with Gasteiger partial charge in [0.1, 0.15) is 17.3 Å². The Labute approximate surface area is 135 Å². The molecule has 0 unspecified atom stereocenters. The zero-order valence-corrected chi connectivity index (χ0v) is 13.0. The number of nitrogens with zero attached hydrogens (tertiary/aromatic N) is 1. The molecule has 0 aromatic heterocycles. The molecular weight excluding hydrogens is 288 g/mol. The number of carbonyl (C=O) groups is 1. The molecule has 3 rings (SSSR count). The van der Waals surface area contributed by atoms with Gasteiger partial charge in [-0.1, -0.05) is 42.5 Å². The Balaban J connectivity index is 1.79. The lowest BCUT2D eigenvalue weighted by molar-refractivity contribution is -0.115. The van der Waals surface area contributed by atoms with E-state index in [9.17, 15) is 4.79 Å². The van der Waals surface area contributed by atoms with E-state index in [1.54, 1.807) is 6.08 Å². The van der Waals surface area contributed by atoms with E-state index in [2.05, 4.69) is 10.3 Å². The first-order valence-electron chi connectivity index (χ1n) is 7.62. The molecule has 0 atom stereocenters. The monoisotopic (exact) mass is 306 g/mol. The molecule has 0 saturated carbocycles. The highest BCUT2D eigenvalue weighted by Gasteiger charge is 2.19. The number of amidine groups is 1. The van der Waals surface area contributed by atoms with Crippen molar-refractivity contribution in [3.05, 3.63) is 71.4 Å². The van der Waals surface area contributed by atoms with Crippen LogP contribution in [-0.4, -0.2) is 18.3 Å². The highest BCUT2D eigenvalue weighted by molar-refractivity contribution is 6.14. The second-order valence-corrected chi connectivity index (χ2v) is 5.21. The molecule has 23 heavy (non-hydrogen) atoms. The normalized spacial score (nSPS) is 15.4. The second-order valence-electron chi connectivity index (χ2n) is 5.21. The van der Waals surface area contributed by atoms with Gasteiger partial charge in [-0.05, 0) is 36.3 Å². The van der Waals surface area contributed by atoms with E-state index >= 15 is 0 Å². The third-order valence-corrected chi connectivity index (χ3v) is 3.43. The predicted octanol–water partition coefficient (Wildman–Crippen LogP) is 3.20. The van der Waals surface area contributed by atoms with Crippen molar-refractivity contribution >= 4 is 17.8 Å². The Morgan fingerprint density at radius 1 is 1.13 bits per heavy atom.